The average Bonchev–Trinajstić information content (AvgIpc) is 3.18. The Kier molecular flexibility index (Phi) is 5.97. The summed E-state index contributed by atoms with van der Waals surface area (Å²) in [5.41, 5.74) is 1.02. The van der Waals surface area contributed by atoms with Crippen molar-refractivity contribution in [3.05, 3.63) is 90.4 Å². The van der Waals surface area contributed by atoms with Crippen molar-refractivity contribution in [2.45, 2.75) is 16.3 Å². The Labute approximate surface area is 189 Å². The first-order valence-electron chi connectivity index (χ1n) is 9.87. The van der Waals surface area contributed by atoms with Crippen LogP contribution in [0.2, 0.25) is 0 Å². The van der Waals surface area contributed by atoms with Gasteiger partial charge in [0.25, 0.3) is 0 Å². The van der Waals surface area contributed by atoms with Gasteiger partial charge >= 0.3 is 5.97 Å². The number of nitrogens with one attached hydrogen (secondary N) is 1. The molecule has 1 N–H and O–H groups in total. The summed E-state index contributed by atoms with van der Waals surface area (Å²) in [5.74, 6) is -1.59. The van der Waals surface area contributed by atoms with Crippen molar-refractivity contribution in [2.24, 2.45) is 0 Å². The number of aromatic nitrogens is 1. The largest absolute Gasteiger partial charge is 0.465 e. The molecule has 3 aromatic carbocycles. The highest BCUT2D eigenvalue weighted by molar-refractivity contribution is 7.91. The number of esters is 1. The molecule has 4 rings (SSSR count). The van der Waals surface area contributed by atoms with E-state index in [1.807, 2.05) is 0 Å². The van der Waals surface area contributed by atoms with Crippen LogP contribution in [0.5, 0.6) is 0 Å². The lowest BCUT2D eigenvalue weighted by Crippen LogP contribution is -2.20. The number of ether oxygens (including phenoxy) is 1. The summed E-state index contributed by atoms with van der Waals surface area (Å²) in [6.45, 7) is -0.199. The highest BCUT2D eigenvalue weighted by Gasteiger charge is 2.24. The van der Waals surface area contributed by atoms with Gasteiger partial charge in [-0.25, -0.2) is 17.6 Å². The molecule has 168 valence electrons. The summed E-state index contributed by atoms with van der Waals surface area (Å²) < 4.78 is 46.0. The van der Waals surface area contributed by atoms with Crippen molar-refractivity contribution in [3.8, 4) is 0 Å². The molecule has 0 aliphatic heterocycles. The second kappa shape index (κ2) is 8.87. The number of anilines is 1. The monoisotopic (exact) mass is 466 g/mol. The van der Waals surface area contributed by atoms with Gasteiger partial charge in [0.1, 0.15) is 12.4 Å². The van der Waals surface area contributed by atoms with Crippen LogP contribution in [-0.2, 0) is 25.9 Å². The predicted octanol–water partition coefficient (Wildman–Crippen LogP) is 4.04. The lowest BCUT2D eigenvalue weighted by atomic mass is 10.2. The number of amides is 1. The molecule has 1 heterocycles. The van der Waals surface area contributed by atoms with Gasteiger partial charge in [0.2, 0.25) is 15.7 Å². The molecule has 0 aliphatic rings. The molecule has 0 unspecified atom stereocenters. The van der Waals surface area contributed by atoms with Crippen LogP contribution in [0, 0.1) is 5.82 Å². The van der Waals surface area contributed by atoms with Gasteiger partial charge in [-0.3, -0.25) is 4.79 Å². The number of nitrogens with zero attached hydrogens (tertiary/aromatic N) is 1. The van der Waals surface area contributed by atoms with Crippen LogP contribution < -0.4 is 5.32 Å². The number of carbonyl (C=O) groups excluding carboxylic acids is 2. The maximum atomic E-state index is 13.3. The predicted molar refractivity (Wildman–Crippen MR) is 120 cm³/mol. The van der Waals surface area contributed by atoms with Crippen LogP contribution in [0.3, 0.4) is 0 Å². The highest BCUT2D eigenvalue weighted by Crippen LogP contribution is 2.30. The molecule has 0 spiro atoms. The summed E-state index contributed by atoms with van der Waals surface area (Å²) in [7, 11) is -2.71. The van der Waals surface area contributed by atoms with E-state index in [0.29, 0.717) is 10.9 Å². The Balaban J connectivity index is 1.69. The molecule has 1 aromatic heterocycles. The van der Waals surface area contributed by atoms with E-state index in [4.69, 9.17) is 4.74 Å². The summed E-state index contributed by atoms with van der Waals surface area (Å²) in [5, 5.41) is 3.11. The van der Waals surface area contributed by atoms with E-state index in [9.17, 15) is 22.4 Å². The summed E-state index contributed by atoms with van der Waals surface area (Å²) >= 11 is 0. The fourth-order valence-electron chi connectivity index (χ4n) is 3.52. The van der Waals surface area contributed by atoms with Crippen molar-refractivity contribution in [3.63, 3.8) is 0 Å². The normalized spacial score (nSPS) is 11.3. The maximum absolute atomic E-state index is 13.3. The fourth-order valence-corrected chi connectivity index (χ4v) is 5.00. The first-order chi connectivity index (χ1) is 15.8. The van der Waals surface area contributed by atoms with E-state index >= 15 is 0 Å². The highest BCUT2D eigenvalue weighted by atomic mass is 32.2. The van der Waals surface area contributed by atoms with Crippen molar-refractivity contribution in [1.29, 1.82) is 0 Å². The smallest absolute Gasteiger partial charge is 0.339 e. The Bertz CT molecular complexity index is 1460. The van der Waals surface area contributed by atoms with Gasteiger partial charge in [0.05, 0.1) is 28.2 Å². The van der Waals surface area contributed by atoms with Gasteiger partial charge in [-0.05, 0) is 42.5 Å². The molecule has 0 bridgehead atoms. The molecule has 0 atom stereocenters. The number of sulfone groups is 1. The van der Waals surface area contributed by atoms with E-state index in [1.54, 1.807) is 42.5 Å². The minimum atomic E-state index is -3.96. The van der Waals surface area contributed by atoms with Gasteiger partial charge in [0, 0.05) is 17.1 Å². The maximum Gasteiger partial charge on any atom is 0.339 e. The van der Waals surface area contributed by atoms with Crippen molar-refractivity contribution >= 4 is 38.3 Å². The molecule has 0 radical (unpaired) electrons. The van der Waals surface area contributed by atoms with Crippen LogP contribution in [0.25, 0.3) is 10.9 Å². The Morgan fingerprint density at radius 1 is 0.970 bits per heavy atom. The Morgan fingerprint density at radius 2 is 1.64 bits per heavy atom. The zero-order valence-electron chi connectivity index (χ0n) is 17.5. The van der Waals surface area contributed by atoms with E-state index in [2.05, 4.69) is 5.32 Å². The number of carbonyl (C=O) groups is 2. The summed E-state index contributed by atoms with van der Waals surface area (Å²) in [4.78, 5) is 24.7. The third-order valence-electron chi connectivity index (χ3n) is 5.09. The van der Waals surface area contributed by atoms with E-state index in [0.717, 1.165) is 12.1 Å². The molecule has 9 heteroatoms. The minimum absolute atomic E-state index is 0.00692. The number of rotatable bonds is 6. The third-order valence-corrected chi connectivity index (χ3v) is 6.88. The molecule has 0 saturated heterocycles. The second-order valence-electron chi connectivity index (χ2n) is 7.18. The fraction of sp³-hybridized carbons (Fsp3) is 0.0833. The molecule has 1 amide bonds. The van der Waals surface area contributed by atoms with Crippen LogP contribution in [0.15, 0.2) is 88.8 Å². The van der Waals surface area contributed by atoms with Crippen LogP contribution in [0.1, 0.15) is 10.4 Å². The van der Waals surface area contributed by atoms with Gasteiger partial charge in [-0.1, -0.05) is 30.3 Å². The van der Waals surface area contributed by atoms with Gasteiger partial charge in [-0.15, -0.1) is 0 Å². The van der Waals surface area contributed by atoms with Crippen LogP contribution in [0.4, 0.5) is 10.1 Å². The topological polar surface area (TPSA) is 94.5 Å². The van der Waals surface area contributed by atoms with Gasteiger partial charge < -0.3 is 14.6 Å². The average molecular weight is 466 g/mol. The number of methoxy groups -OCH3 is 1. The Hall–Kier alpha value is -3.98. The van der Waals surface area contributed by atoms with Crippen molar-refractivity contribution < 1.29 is 27.1 Å². The first kappa shape index (κ1) is 22.2. The SMILES string of the molecule is COC(=O)c1ccccc1NC(=O)Cn1cc(S(=O)(=O)c2ccc(F)cc2)c2ccccc21. The molecule has 0 saturated carbocycles. The van der Waals surface area contributed by atoms with Crippen molar-refractivity contribution in [2.75, 3.05) is 12.4 Å². The number of benzene rings is 3. The number of hydrogen-bond donors (Lipinski definition) is 1. The number of hydrogen-bond acceptors (Lipinski definition) is 5. The standard InChI is InChI=1S/C24H19FN2O5S/c1-32-24(29)18-6-2-4-8-20(18)26-23(28)15-27-14-22(19-7-3-5-9-21(19)27)33(30,31)17-12-10-16(25)11-13-17/h2-14H,15H2,1H3,(H,26,28). The van der Waals surface area contributed by atoms with E-state index < -0.39 is 27.5 Å². The molecular formula is C24H19FN2O5S. The van der Waals surface area contributed by atoms with Gasteiger partial charge in [-0.2, -0.15) is 0 Å². The lowest BCUT2D eigenvalue weighted by Gasteiger charge is -2.10. The molecule has 0 fully saturated rings. The molecule has 7 nitrogen and oxygen atoms in total. The molecular weight excluding hydrogens is 447 g/mol. The van der Waals surface area contributed by atoms with Gasteiger partial charge in [0.15, 0.2) is 0 Å². The second-order valence-corrected chi connectivity index (χ2v) is 9.10. The number of para-hydroxylation sites is 2. The van der Waals surface area contributed by atoms with E-state index in [1.165, 1.54) is 36.1 Å². The van der Waals surface area contributed by atoms with Crippen LogP contribution >= 0.6 is 0 Å². The van der Waals surface area contributed by atoms with E-state index in [-0.39, 0.29) is 27.6 Å². The third kappa shape index (κ3) is 4.35. The quantitative estimate of drug-likeness (QED) is 0.342. The molecule has 0 aliphatic carbocycles. The minimum Gasteiger partial charge on any atom is -0.465 e. The molecule has 33 heavy (non-hydrogen) atoms. The zero-order chi connectivity index (χ0) is 23.6. The summed E-state index contributed by atoms with van der Waals surface area (Å²) in [6, 6.07) is 17.8. The number of fused-ring (bicyclic) bond motifs is 1. The van der Waals surface area contributed by atoms with Crippen molar-refractivity contribution in [1.82, 2.24) is 4.57 Å². The lowest BCUT2D eigenvalue weighted by molar-refractivity contribution is -0.116. The summed E-state index contributed by atoms with van der Waals surface area (Å²) in [6.07, 6.45) is 1.38. The Morgan fingerprint density at radius 3 is 2.36 bits per heavy atom. The zero-order valence-corrected chi connectivity index (χ0v) is 18.3. The first-order valence-corrected chi connectivity index (χ1v) is 11.4. The van der Waals surface area contributed by atoms with Crippen LogP contribution in [-0.4, -0.2) is 32.0 Å². The number of halogens is 1. The molecule has 4 aromatic rings.